The van der Waals surface area contributed by atoms with Gasteiger partial charge in [-0.2, -0.15) is 5.10 Å². The molecule has 0 saturated carbocycles. The molecule has 0 atom stereocenters. The van der Waals surface area contributed by atoms with Crippen molar-refractivity contribution in [1.82, 2.24) is 15.1 Å². The molecule has 0 aliphatic rings. The molecule has 150 valence electrons. The van der Waals surface area contributed by atoms with Gasteiger partial charge in [-0.05, 0) is 45.4 Å². The van der Waals surface area contributed by atoms with Crippen molar-refractivity contribution in [2.75, 3.05) is 6.54 Å². The number of nitrogens with one attached hydrogen (secondary N) is 1. The van der Waals surface area contributed by atoms with Crippen LogP contribution >= 0.6 is 0 Å². The Hall–Kier alpha value is -3.23. The lowest BCUT2D eigenvalue weighted by Crippen LogP contribution is -2.27. The van der Waals surface area contributed by atoms with Gasteiger partial charge in [0.05, 0.1) is 24.0 Å². The minimum atomic E-state index is -0.432. The normalized spacial score (nSPS) is 10.8. The maximum atomic E-state index is 12.1. The molecule has 1 aromatic heterocycles. The highest BCUT2D eigenvalue weighted by Gasteiger charge is 2.21. The lowest BCUT2D eigenvalue weighted by Gasteiger charge is -2.09. The Bertz CT molecular complexity index is 871. The molecule has 9 nitrogen and oxygen atoms in total. The van der Waals surface area contributed by atoms with Gasteiger partial charge in [0.2, 0.25) is 0 Å². The fourth-order valence-electron chi connectivity index (χ4n) is 2.74. The van der Waals surface area contributed by atoms with Crippen LogP contribution in [-0.2, 0) is 16.1 Å². The van der Waals surface area contributed by atoms with Crippen molar-refractivity contribution in [3.8, 4) is 0 Å². The molecule has 1 N–H and O–H groups in total. The first-order chi connectivity index (χ1) is 13.2. The van der Waals surface area contributed by atoms with Gasteiger partial charge in [-0.1, -0.05) is 12.1 Å². The van der Waals surface area contributed by atoms with Crippen LogP contribution < -0.4 is 5.32 Å². The highest BCUT2D eigenvalue weighted by atomic mass is 16.6. The second kappa shape index (κ2) is 9.12. The van der Waals surface area contributed by atoms with Gasteiger partial charge in [0.1, 0.15) is 11.4 Å². The Morgan fingerprint density at radius 3 is 2.43 bits per heavy atom. The van der Waals surface area contributed by atoms with Crippen molar-refractivity contribution < 1.29 is 19.2 Å². The fourth-order valence-corrected chi connectivity index (χ4v) is 2.74. The summed E-state index contributed by atoms with van der Waals surface area (Å²) in [6, 6.07) is 6.86. The summed E-state index contributed by atoms with van der Waals surface area (Å²) in [7, 11) is 0. The number of benzene rings is 1. The predicted octanol–water partition coefficient (Wildman–Crippen LogP) is 2.53. The molecule has 2 rings (SSSR count). The predicted molar refractivity (Wildman–Crippen MR) is 102 cm³/mol. The molecule has 0 aliphatic carbocycles. The number of rotatable bonds is 8. The van der Waals surface area contributed by atoms with E-state index in [0.717, 1.165) is 5.56 Å². The minimum Gasteiger partial charge on any atom is -0.463 e. The minimum absolute atomic E-state index is 0.0204. The maximum Gasteiger partial charge on any atom is 0.312 e. The number of aromatic nitrogens is 2. The van der Waals surface area contributed by atoms with Crippen LogP contribution in [0.3, 0.4) is 0 Å². The smallest absolute Gasteiger partial charge is 0.312 e. The van der Waals surface area contributed by atoms with Crippen LogP contribution in [0.4, 0.5) is 5.69 Å². The molecule has 0 saturated heterocycles. The summed E-state index contributed by atoms with van der Waals surface area (Å²) < 4.78 is 6.58. The highest BCUT2D eigenvalue weighted by Crippen LogP contribution is 2.22. The van der Waals surface area contributed by atoms with Crippen LogP contribution in [-0.4, -0.2) is 39.2 Å². The van der Waals surface area contributed by atoms with Gasteiger partial charge in [-0.25, -0.2) is 0 Å². The number of nitro groups is 1. The number of ether oxygens (including phenoxy) is 1. The van der Waals surface area contributed by atoms with Crippen LogP contribution in [0.15, 0.2) is 24.3 Å². The van der Waals surface area contributed by atoms with E-state index in [1.807, 2.05) is 0 Å². The van der Waals surface area contributed by atoms with Crippen LogP contribution in [0.25, 0.3) is 0 Å². The molecule has 2 aromatic rings. The number of esters is 1. The summed E-state index contributed by atoms with van der Waals surface area (Å²) in [5.41, 5.74) is 2.19. The van der Waals surface area contributed by atoms with Gasteiger partial charge >= 0.3 is 11.7 Å². The third-order valence-electron chi connectivity index (χ3n) is 4.06. The van der Waals surface area contributed by atoms with E-state index in [2.05, 4.69) is 10.4 Å². The Morgan fingerprint density at radius 2 is 1.89 bits per heavy atom. The quantitative estimate of drug-likeness (QED) is 0.422. The average Bonchev–Trinajstić information content (AvgIpc) is 2.88. The summed E-state index contributed by atoms with van der Waals surface area (Å²) in [6.45, 7) is 7.35. The maximum absolute atomic E-state index is 12.1. The monoisotopic (exact) mass is 388 g/mol. The molecule has 0 radical (unpaired) electrons. The molecule has 9 heteroatoms. The van der Waals surface area contributed by atoms with Crippen molar-refractivity contribution in [2.24, 2.45) is 0 Å². The van der Waals surface area contributed by atoms with E-state index in [1.165, 1.54) is 0 Å². The number of aryl methyl sites for hydroxylation is 1. The van der Waals surface area contributed by atoms with E-state index in [0.29, 0.717) is 23.5 Å². The molecule has 1 amide bonds. The van der Waals surface area contributed by atoms with Crippen LogP contribution in [0.2, 0.25) is 0 Å². The number of carbonyl (C=O) groups is 2. The van der Waals surface area contributed by atoms with Gasteiger partial charge in [0.15, 0.2) is 0 Å². The second-order valence-corrected chi connectivity index (χ2v) is 6.68. The topological polar surface area (TPSA) is 116 Å². The lowest BCUT2D eigenvalue weighted by atomic mass is 10.1. The first-order valence-electron chi connectivity index (χ1n) is 8.94. The van der Waals surface area contributed by atoms with E-state index in [1.54, 1.807) is 56.6 Å². The first kappa shape index (κ1) is 21.1. The van der Waals surface area contributed by atoms with Crippen LogP contribution in [0.1, 0.15) is 47.6 Å². The van der Waals surface area contributed by atoms with Crippen molar-refractivity contribution in [3.63, 3.8) is 0 Å². The molecule has 1 heterocycles. The van der Waals surface area contributed by atoms with Crippen LogP contribution in [0, 0.1) is 24.0 Å². The molecule has 0 fully saturated rings. The van der Waals surface area contributed by atoms with Crippen LogP contribution in [0.5, 0.6) is 0 Å². The largest absolute Gasteiger partial charge is 0.463 e. The number of hydrogen-bond donors (Lipinski definition) is 1. The summed E-state index contributed by atoms with van der Waals surface area (Å²) in [6.07, 6.45) is -0.0713. The molecule has 0 bridgehead atoms. The summed E-state index contributed by atoms with van der Waals surface area (Å²) >= 11 is 0. The van der Waals surface area contributed by atoms with Gasteiger partial charge in [0.25, 0.3) is 5.91 Å². The summed E-state index contributed by atoms with van der Waals surface area (Å²) in [5, 5.41) is 18.0. The zero-order chi connectivity index (χ0) is 20.8. The summed E-state index contributed by atoms with van der Waals surface area (Å²) in [5.74, 6) is -0.643. The fraction of sp³-hybridized carbons (Fsp3) is 0.421. The van der Waals surface area contributed by atoms with Crippen molar-refractivity contribution in [1.29, 1.82) is 0 Å². The molecular weight excluding hydrogens is 364 g/mol. The zero-order valence-corrected chi connectivity index (χ0v) is 16.4. The SMILES string of the molecule is Cc1nn(Cc2ccc(C(=O)NCCC(=O)OC(C)C)cc2)c(C)c1[N+](=O)[O-]. The Morgan fingerprint density at radius 1 is 1.25 bits per heavy atom. The van der Waals surface area contributed by atoms with E-state index in [4.69, 9.17) is 4.74 Å². The molecule has 28 heavy (non-hydrogen) atoms. The molecular formula is C19H24N4O5. The Kier molecular flexibility index (Phi) is 6.86. The number of nitrogens with zero attached hydrogens (tertiary/aromatic N) is 3. The number of carbonyl (C=O) groups excluding carboxylic acids is 2. The van der Waals surface area contributed by atoms with E-state index in [-0.39, 0.29) is 36.6 Å². The van der Waals surface area contributed by atoms with Gasteiger partial charge < -0.3 is 10.1 Å². The first-order valence-corrected chi connectivity index (χ1v) is 8.94. The van der Waals surface area contributed by atoms with Gasteiger partial charge in [0, 0.05) is 12.1 Å². The third kappa shape index (κ3) is 5.38. The Balaban J connectivity index is 1.94. The van der Waals surface area contributed by atoms with E-state index >= 15 is 0 Å². The Labute approximate surface area is 162 Å². The average molecular weight is 388 g/mol. The van der Waals surface area contributed by atoms with E-state index in [9.17, 15) is 19.7 Å². The van der Waals surface area contributed by atoms with E-state index < -0.39 is 4.92 Å². The molecule has 0 unspecified atom stereocenters. The van der Waals surface area contributed by atoms with Crippen molar-refractivity contribution in [2.45, 2.75) is 46.8 Å². The molecule has 1 aromatic carbocycles. The van der Waals surface area contributed by atoms with Gasteiger partial charge in [-0.3, -0.25) is 24.4 Å². The standard InChI is InChI=1S/C19H24N4O5/c1-12(2)28-17(24)9-10-20-19(25)16-7-5-15(6-8-16)11-22-14(4)18(23(26)27)13(3)21-22/h5-8,12H,9-11H2,1-4H3,(H,20,25). The molecule has 0 spiro atoms. The van der Waals surface area contributed by atoms with Crippen molar-refractivity contribution in [3.05, 3.63) is 56.9 Å². The second-order valence-electron chi connectivity index (χ2n) is 6.68. The van der Waals surface area contributed by atoms with Gasteiger partial charge in [-0.15, -0.1) is 0 Å². The summed E-state index contributed by atoms with van der Waals surface area (Å²) in [4.78, 5) is 34.3. The lowest BCUT2D eigenvalue weighted by molar-refractivity contribution is -0.386. The third-order valence-corrected chi connectivity index (χ3v) is 4.06. The molecule has 0 aliphatic heterocycles. The highest BCUT2D eigenvalue weighted by molar-refractivity contribution is 5.94. The zero-order valence-electron chi connectivity index (χ0n) is 16.4. The number of amides is 1. The number of hydrogen-bond acceptors (Lipinski definition) is 6. The van der Waals surface area contributed by atoms with Crippen molar-refractivity contribution >= 4 is 17.6 Å².